The van der Waals surface area contributed by atoms with Crippen molar-refractivity contribution < 1.29 is 42.9 Å². The summed E-state index contributed by atoms with van der Waals surface area (Å²) in [5.41, 5.74) is 1.49. The molecule has 4 aliphatic rings. The van der Waals surface area contributed by atoms with Crippen molar-refractivity contribution in [3.8, 4) is 16.2 Å². The van der Waals surface area contributed by atoms with Gasteiger partial charge in [0, 0.05) is 62.1 Å². The molecular formula is C57H76ClFN10O8S2. The van der Waals surface area contributed by atoms with Gasteiger partial charge in [0.05, 0.1) is 51.9 Å². The van der Waals surface area contributed by atoms with Gasteiger partial charge >= 0.3 is 6.09 Å². The lowest BCUT2D eigenvalue weighted by Crippen LogP contribution is -2.59. The Bertz CT molecular complexity index is 2830. The Morgan fingerprint density at radius 2 is 1.68 bits per heavy atom. The summed E-state index contributed by atoms with van der Waals surface area (Å²) < 4.78 is 26.6. The minimum atomic E-state index is -1.98. The number of ether oxygens (including phenoxy) is 2. The van der Waals surface area contributed by atoms with E-state index in [9.17, 15) is 33.5 Å². The van der Waals surface area contributed by atoms with Crippen LogP contribution in [-0.2, 0) is 30.5 Å². The summed E-state index contributed by atoms with van der Waals surface area (Å²) in [6.07, 6.45) is 6.21. The highest BCUT2D eigenvalue weighted by Gasteiger charge is 2.53. The number of aliphatic hydroxyl groups excluding tert-OH is 1. The molecule has 2 aromatic heterocycles. The van der Waals surface area contributed by atoms with Crippen molar-refractivity contribution in [3.05, 3.63) is 70.6 Å². The molecule has 5 amide bonds. The van der Waals surface area contributed by atoms with Crippen LogP contribution in [0.2, 0.25) is 5.02 Å². The van der Waals surface area contributed by atoms with Gasteiger partial charge in [-0.2, -0.15) is 0 Å². The number of carbonyl (C=O) groups is 5. The number of aliphatic hydroxyl groups is 1. The third-order valence-electron chi connectivity index (χ3n) is 15.1. The highest BCUT2D eigenvalue weighted by molar-refractivity contribution is 7.99. The molecule has 5 N–H and O–H groups in total. The monoisotopic (exact) mass is 1150 g/mol. The molecule has 18 nitrogen and oxygen atoms in total. The number of nitrogens with one attached hydrogen (secondary N) is 4. The van der Waals surface area contributed by atoms with Gasteiger partial charge in [0.15, 0.2) is 5.67 Å². The molecule has 79 heavy (non-hydrogen) atoms. The van der Waals surface area contributed by atoms with Crippen LogP contribution in [0.4, 0.5) is 20.7 Å². The predicted octanol–water partition coefficient (Wildman–Crippen LogP) is 8.57. The first kappa shape index (κ1) is 59.5. The molecule has 428 valence electrons. The second-order valence-electron chi connectivity index (χ2n) is 23.8. The molecule has 8 rings (SSSR count). The maximum absolute atomic E-state index is 14.7. The van der Waals surface area contributed by atoms with Crippen LogP contribution in [0.1, 0.15) is 111 Å². The SMILES string of the molecule is Cc1ncsc1-c1ccc(CNC(=O)[C@@H]2C[C@@H](O)CN2C(=O)[C@@H](NC(=O)C2(F)CC2)C(C)(C)C)c(OCCCN2CCC(C(=O)Nc3cccc(Sc4cnc(N5CCC(C)(CNC(=O)OC(C)(C)C)CC5)cn4)c3Cl)CC2)c1. The number of alkyl halides is 1. The Morgan fingerprint density at radius 3 is 2.33 bits per heavy atom. The van der Waals surface area contributed by atoms with Crippen LogP contribution in [0.25, 0.3) is 10.4 Å². The molecule has 22 heteroatoms. The van der Waals surface area contributed by atoms with Crippen LogP contribution < -0.4 is 30.9 Å². The Kier molecular flexibility index (Phi) is 18.9. The number of benzene rings is 2. The van der Waals surface area contributed by atoms with Crippen LogP contribution in [0.15, 0.2) is 64.2 Å². The Balaban J connectivity index is 0.794. The second-order valence-corrected chi connectivity index (χ2v) is 26.1. The number of β-amino-alcohol motifs (C(OH)–C–C–N with tert-alkyl or cyclic N) is 1. The molecule has 0 spiro atoms. The number of halogens is 2. The average molecular weight is 1150 g/mol. The van der Waals surface area contributed by atoms with E-state index in [0.717, 1.165) is 78.0 Å². The molecule has 0 radical (unpaired) electrons. The lowest BCUT2D eigenvalue weighted by atomic mass is 9.80. The molecular weight excluding hydrogens is 1070 g/mol. The van der Waals surface area contributed by atoms with Gasteiger partial charge in [-0.3, -0.25) is 19.2 Å². The maximum atomic E-state index is 14.7. The van der Waals surface area contributed by atoms with Crippen molar-refractivity contribution in [1.29, 1.82) is 0 Å². The van der Waals surface area contributed by atoms with Crippen LogP contribution >= 0.6 is 34.7 Å². The van der Waals surface area contributed by atoms with Gasteiger partial charge in [-0.05, 0) is 120 Å². The van der Waals surface area contributed by atoms with E-state index >= 15 is 0 Å². The van der Waals surface area contributed by atoms with Crippen molar-refractivity contribution >= 4 is 75.9 Å². The summed E-state index contributed by atoms with van der Waals surface area (Å²) in [5, 5.41) is 23.4. The molecule has 4 fully saturated rings. The molecule has 5 heterocycles. The first-order valence-corrected chi connectivity index (χ1v) is 29.4. The van der Waals surface area contributed by atoms with E-state index < -0.39 is 58.7 Å². The zero-order valence-electron chi connectivity index (χ0n) is 46.6. The lowest BCUT2D eigenvalue weighted by molar-refractivity contribution is -0.145. The topological polar surface area (TPSA) is 221 Å². The fraction of sp³-hybridized carbons (Fsp3) is 0.579. The standard InChI is InChI=1S/C57H76ClFN10O8S2/c1-35-47(78-34-64-35)37-13-14-38(29-62-50(72)41-28-39(70)32-69(41)51(73)48(54(2,3)4)66-52(74)57(59)17-18-57)42(27-37)76-26-10-21-67-22-15-36(16-23-67)49(71)65-40-11-9-12-43(46(40)58)79-45-31-60-44(30-61-45)68-24-19-56(8,20-25-68)33-63-53(75)77-55(5,6)7/h9,11-14,27,30-31,34,36,39,41,48,70H,10,15-26,28-29,32-33H2,1-8H3,(H,62,72)(H,63,75)(H,65,71)(H,66,74)/t39-,41+,48-/m1/s1. The van der Waals surface area contributed by atoms with Crippen LogP contribution in [0, 0.1) is 23.7 Å². The third kappa shape index (κ3) is 15.6. The van der Waals surface area contributed by atoms with Gasteiger partial charge in [-0.15, -0.1) is 11.3 Å². The molecule has 4 aromatic rings. The minimum absolute atomic E-state index is 0.0155. The number of alkyl carbamates (subject to hydrolysis) is 1. The molecule has 3 aliphatic heterocycles. The van der Waals surface area contributed by atoms with Gasteiger partial charge in [0.25, 0.3) is 5.91 Å². The molecule has 1 aliphatic carbocycles. The number of carbonyl (C=O) groups excluding carboxylic acids is 5. The number of likely N-dealkylation sites (tertiary alicyclic amines) is 2. The average Bonchev–Trinajstić information content (AvgIpc) is 3.87. The summed E-state index contributed by atoms with van der Waals surface area (Å²) in [7, 11) is 0. The van der Waals surface area contributed by atoms with E-state index in [-0.39, 0.29) is 49.6 Å². The van der Waals surface area contributed by atoms with Gasteiger partial charge in [0.1, 0.15) is 34.3 Å². The molecule has 2 aromatic carbocycles. The Labute approximate surface area is 476 Å². The fourth-order valence-corrected chi connectivity index (χ4v) is 11.9. The highest BCUT2D eigenvalue weighted by atomic mass is 35.5. The summed E-state index contributed by atoms with van der Waals surface area (Å²) in [5.74, 6) is -0.725. The fourth-order valence-electron chi connectivity index (χ4n) is 10.1. The van der Waals surface area contributed by atoms with Crippen LogP contribution in [0.3, 0.4) is 0 Å². The predicted molar refractivity (Wildman–Crippen MR) is 304 cm³/mol. The van der Waals surface area contributed by atoms with Gasteiger partial charge in [-0.25, -0.2) is 24.1 Å². The van der Waals surface area contributed by atoms with E-state index in [4.69, 9.17) is 26.1 Å². The van der Waals surface area contributed by atoms with Crippen molar-refractivity contribution in [2.75, 3.05) is 62.6 Å². The van der Waals surface area contributed by atoms with E-state index in [1.54, 1.807) is 44.7 Å². The zero-order chi connectivity index (χ0) is 56.9. The second kappa shape index (κ2) is 25.0. The van der Waals surface area contributed by atoms with Gasteiger partial charge in [-0.1, -0.05) is 69.3 Å². The van der Waals surface area contributed by atoms with Crippen LogP contribution in [0.5, 0.6) is 5.75 Å². The van der Waals surface area contributed by atoms with Crippen molar-refractivity contribution in [3.63, 3.8) is 0 Å². The number of anilines is 2. The quantitative estimate of drug-likeness (QED) is 0.0556. The number of piperidine rings is 2. The number of amides is 5. The number of aryl methyl sites for hydroxylation is 1. The first-order valence-electron chi connectivity index (χ1n) is 27.3. The third-order valence-corrected chi connectivity index (χ3v) is 17.6. The minimum Gasteiger partial charge on any atom is -0.493 e. The van der Waals surface area contributed by atoms with Gasteiger partial charge in [0.2, 0.25) is 17.7 Å². The zero-order valence-corrected chi connectivity index (χ0v) is 49.0. The number of hydrogen-bond acceptors (Lipinski definition) is 15. The molecule has 3 atom stereocenters. The van der Waals surface area contributed by atoms with E-state index in [0.29, 0.717) is 53.9 Å². The first-order chi connectivity index (χ1) is 37.4. The number of rotatable bonds is 19. The Hall–Kier alpha value is -5.61. The normalized spacial score (nSPS) is 19.8. The van der Waals surface area contributed by atoms with Gasteiger partial charge < -0.3 is 50.5 Å². The van der Waals surface area contributed by atoms with E-state index in [2.05, 4.69) is 48.0 Å². The number of thiazole rings is 1. The lowest BCUT2D eigenvalue weighted by Gasteiger charge is -2.40. The van der Waals surface area contributed by atoms with Crippen molar-refractivity contribution in [1.82, 2.24) is 40.7 Å². The molecule has 0 unspecified atom stereocenters. The number of nitrogens with zero attached hydrogens (tertiary/aromatic N) is 6. The highest BCUT2D eigenvalue weighted by Crippen LogP contribution is 2.41. The largest absolute Gasteiger partial charge is 0.493 e. The molecule has 1 saturated carbocycles. The molecule has 3 saturated heterocycles. The summed E-state index contributed by atoms with van der Waals surface area (Å²) in [6, 6.07) is 9.27. The summed E-state index contributed by atoms with van der Waals surface area (Å²) >= 11 is 9.81. The summed E-state index contributed by atoms with van der Waals surface area (Å²) in [4.78, 5) is 87.9. The number of aromatic nitrogens is 3. The van der Waals surface area contributed by atoms with Crippen molar-refractivity contribution in [2.24, 2.45) is 16.7 Å². The molecule has 0 bridgehead atoms. The smallest absolute Gasteiger partial charge is 0.407 e. The van der Waals surface area contributed by atoms with Crippen LogP contribution in [-0.4, -0.2) is 141 Å². The summed E-state index contributed by atoms with van der Waals surface area (Å²) in [6.45, 7) is 19.7. The van der Waals surface area contributed by atoms with Crippen molar-refractivity contribution in [2.45, 2.75) is 153 Å². The maximum Gasteiger partial charge on any atom is 0.407 e. The van der Waals surface area contributed by atoms with E-state index in [1.165, 1.54) is 28.0 Å². The Morgan fingerprint density at radius 1 is 0.949 bits per heavy atom. The van der Waals surface area contributed by atoms with E-state index in [1.807, 2.05) is 58.0 Å². The number of hydrogen-bond donors (Lipinski definition) is 5.